The fraction of sp³-hybridized carbons (Fsp3) is 0.541. The molecule has 0 aliphatic carbocycles. The van der Waals surface area contributed by atoms with Crippen molar-refractivity contribution in [1.82, 2.24) is 5.32 Å². The van der Waals surface area contributed by atoms with E-state index < -0.39 is 86.9 Å². The first-order valence-corrected chi connectivity index (χ1v) is 19.7. The van der Waals surface area contributed by atoms with Crippen LogP contribution < -0.4 is 5.32 Å². The topological polar surface area (TPSA) is 162 Å². The lowest BCUT2D eigenvalue weighted by Gasteiger charge is -2.48. The summed E-state index contributed by atoms with van der Waals surface area (Å²) >= 11 is 0. The van der Waals surface area contributed by atoms with Crippen molar-refractivity contribution in [3.05, 3.63) is 71.8 Å². The number of rotatable bonds is 14. The Morgan fingerprint density at radius 1 is 0.843 bits per heavy atom. The van der Waals surface area contributed by atoms with E-state index in [1.807, 2.05) is 46.0 Å². The van der Waals surface area contributed by atoms with Gasteiger partial charge in [0.2, 0.25) is 5.91 Å². The molecule has 1 amide bonds. The molecule has 0 unspecified atom stereocenters. The van der Waals surface area contributed by atoms with Crippen molar-refractivity contribution in [3.63, 3.8) is 0 Å². The van der Waals surface area contributed by atoms with Crippen molar-refractivity contribution in [1.29, 1.82) is 0 Å². The van der Waals surface area contributed by atoms with E-state index in [2.05, 4.69) is 5.32 Å². The van der Waals surface area contributed by atoms with Gasteiger partial charge in [0.05, 0.1) is 19.1 Å². The molecule has 2 aromatic rings. The summed E-state index contributed by atoms with van der Waals surface area (Å²) in [6.07, 6.45) is -6.93. The Morgan fingerprint density at radius 3 is 1.80 bits per heavy atom. The summed E-state index contributed by atoms with van der Waals surface area (Å²) in [6.45, 7) is 14.6. The standard InChI is InChI=1S/C37H51NO12Si/c1-23(39)38-31-29(46-24(2)40)21-37(44-8,35(43)49-32(27-17-13-11-14-18-27)28-19-15-12-16-20-28)50-34(31)33(48-26(4)42)30(47-25(3)41)22-45-51(9,10)36(5,6)7/h11-20,29-34H,21-22H2,1-10H3,(H,38,39)/t29-,30+,31+,33+,34+,37-/m0/s1. The maximum absolute atomic E-state index is 14.5. The van der Waals surface area contributed by atoms with Crippen LogP contribution in [0.4, 0.5) is 0 Å². The van der Waals surface area contributed by atoms with Gasteiger partial charge >= 0.3 is 23.9 Å². The molecule has 14 heteroatoms. The van der Waals surface area contributed by atoms with Gasteiger partial charge in [-0.1, -0.05) is 81.4 Å². The van der Waals surface area contributed by atoms with Gasteiger partial charge in [-0.15, -0.1) is 0 Å². The Hall–Kier alpha value is -4.11. The lowest BCUT2D eigenvalue weighted by atomic mass is 9.88. The number of hydrogen-bond acceptors (Lipinski definition) is 12. The van der Waals surface area contributed by atoms with Gasteiger partial charge in [0.25, 0.3) is 5.79 Å². The number of carbonyl (C=O) groups excluding carboxylic acids is 5. The van der Waals surface area contributed by atoms with E-state index in [-0.39, 0.29) is 11.6 Å². The third-order valence-electron chi connectivity index (χ3n) is 9.03. The van der Waals surface area contributed by atoms with Crippen LogP contribution in [0.5, 0.6) is 0 Å². The Morgan fingerprint density at radius 2 is 1.37 bits per heavy atom. The maximum atomic E-state index is 14.5. The third-order valence-corrected chi connectivity index (χ3v) is 13.5. The van der Waals surface area contributed by atoms with Crippen molar-refractivity contribution in [3.8, 4) is 0 Å². The van der Waals surface area contributed by atoms with Crippen LogP contribution in [-0.2, 0) is 56.8 Å². The Bertz CT molecular complexity index is 1470. The highest BCUT2D eigenvalue weighted by Gasteiger charge is 2.59. The lowest BCUT2D eigenvalue weighted by Crippen LogP contribution is -2.69. The van der Waals surface area contributed by atoms with Gasteiger partial charge in [-0.05, 0) is 29.3 Å². The average molecular weight is 730 g/mol. The molecular formula is C37H51NO12Si. The zero-order valence-electron chi connectivity index (χ0n) is 31.1. The van der Waals surface area contributed by atoms with Gasteiger partial charge in [0.1, 0.15) is 12.2 Å². The third kappa shape index (κ3) is 10.9. The summed E-state index contributed by atoms with van der Waals surface area (Å²) in [5.74, 6) is -6.05. The molecule has 1 heterocycles. The van der Waals surface area contributed by atoms with Crippen molar-refractivity contribution < 1.29 is 56.8 Å². The number of hydrogen-bond donors (Lipinski definition) is 1. The quantitative estimate of drug-likeness (QED) is 0.161. The number of benzene rings is 2. The van der Waals surface area contributed by atoms with Crippen LogP contribution in [-0.4, -0.2) is 88.1 Å². The van der Waals surface area contributed by atoms with Gasteiger partial charge in [-0.3, -0.25) is 19.2 Å². The smallest absolute Gasteiger partial charge is 0.367 e. The molecule has 13 nitrogen and oxygen atoms in total. The van der Waals surface area contributed by atoms with Crippen LogP contribution in [0, 0.1) is 0 Å². The summed E-state index contributed by atoms with van der Waals surface area (Å²) in [5, 5.41) is 2.48. The van der Waals surface area contributed by atoms with E-state index in [0.717, 1.165) is 6.92 Å². The largest absolute Gasteiger partial charge is 0.460 e. The van der Waals surface area contributed by atoms with Crippen LogP contribution in [0.1, 0.15) is 72.1 Å². The van der Waals surface area contributed by atoms with Crippen LogP contribution in [0.15, 0.2) is 60.7 Å². The molecule has 51 heavy (non-hydrogen) atoms. The SMILES string of the molecule is CO[C@@]1(C(=O)OC(c2ccccc2)c2ccccc2)C[C@H](OC(C)=O)[C@@H](NC(C)=O)[C@H]([C@H](OC(C)=O)[C@@H](CO[Si](C)(C)C(C)(C)C)OC(C)=O)O1. The summed E-state index contributed by atoms with van der Waals surface area (Å²) < 4.78 is 42.1. The highest BCUT2D eigenvalue weighted by Crippen LogP contribution is 2.40. The van der Waals surface area contributed by atoms with E-state index in [1.54, 1.807) is 48.5 Å². The fourth-order valence-electron chi connectivity index (χ4n) is 5.54. The minimum absolute atomic E-state index is 0.229. The zero-order chi connectivity index (χ0) is 38.1. The Kier molecular flexibility index (Phi) is 14.1. The van der Waals surface area contributed by atoms with E-state index in [9.17, 15) is 24.0 Å². The average Bonchev–Trinajstić information content (AvgIpc) is 3.04. The van der Waals surface area contributed by atoms with E-state index >= 15 is 0 Å². The number of methoxy groups -OCH3 is 1. The first kappa shape index (κ1) is 41.3. The highest BCUT2D eigenvalue weighted by molar-refractivity contribution is 6.74. The van der Waals surface area contributed by atoms with Crippen LogP contribution in [0.2, 0.25) is 18.1 Å². The molecule has 0 saturated carbocycles. The monoisotopic (exact) mass is 729 g/mol. The minimum Gasteiger partial charge on any atom is -0.460 e. The van der Waals surface area contributed by atoms with Gasteiger partial charge in [0, 0.05) is 34.8 Å². The predicted octanol–water partition coefficient (Wildman–Crippen LogP) is 4.77. The summed E-state index contributed by atoms with van der Waals surface area (Å²) in [4.78, 5) is 64.8. The molecule has 1 N–H and O–H groups in total. The number of ether oxygens (including phenoxy) is 6. The molecule has 3 rings (SSSR count). The Labute approximate surface area is 300 Å². The predicted molar refractivity (Wildman–Crippen MR) is 187 cm³/mol. The second kappa shape index (κ2) is 17.4. The molecule has 2 aromatic carbocycles. The molecule has 6 atom stereocenters. The van der Waals surface area contributed by atoms with Crippen LogP contribution >= 0.6 is 0 Å². The zero-order valence-corrected chi connectivity index (χ0v) is 32.1. The number of nitrogens with one attached hydrogen (secondary N) is 1. The molecule has 0 radical (unpaired) electrons. The molecule has 1 aliphatic heterocycles. The van der Waals surface area contributed by atoms with Crippen molar-refractivity contribution in [2.24, 2.45) is 0 Å². The first-order valence-electron chi connectivity index (χ1n) is 16.8. The molecule has 0 bridgehead atoms. The van der Waals surface area contributed by atoms with Gasteiger partial charge in [-0.2, -0.15) is 0 Å². The molecule has 1 saturated heterocycles. The molecule has 280 valence electrons. The summed E-state index contributed by atoms with van der Waals surface area (Å²) in [7, 11) is -1.26. The van der Waals surface area contributed by atoms with Crippen LogP contribution in [0.25, 0.3) is 0 Å². The van der Waals surface area contributed by atoms with E-state index in [1.165, 1.54) is 27.9 Å². The summed E-state index contributed by atoms with van der Waals surface area (Å²) in [5.41, 5.74) is 1.30. The van der Waals surface area contributed by atoms with Gasteiger partial charge in [-0.25, -0.2) is 4.79 Å². The molecule has 1 fully saturated rings. The van der Waals surface area contributed by atoms with Crippen molar-refractivity contribution in [2.45, 2.75) is 115 Å². The first-order chi connectivity index (χ1) is 23.8. The van der Waals surface area contributed by atoms with Crippen molar-refractivity contribution >= 4 is 38.1 Å². The Balaban J connectivity index is 2.19. The molecule has 0 aromatic heterocycles. The fourth-order valence-corrected chi connectivity index (χ4v) is 6.56. The second-order valence-corrected chi connectivity index (χ2v) is 18.8. The van der Waals surface area contributed by atoms with E-state index in [0.29, 0.717) is 11.1 Å². The normalized spacial score (nSPS) is 21.9. The number of carbonyl (C=O) groups is 5. The maximum Gasteiger partial charge on any atom is 0.367 e. The highest BCUT2D eigenvalue weighted by atomic mass is 28.4. The van der Waals surface area contributed by atoms with Gasteiger partial charge < -0.3 is 38.2 Å². The number of esters is 4. The minimum atomic E-state index is -2.48. The van der Waals surface area contributed by atoms with E-state index in [4.69, 9.17) is 32.8 Å². The van der Waals surface area contributed by atoms with Crippen LogP contribution in [0.3, 0.4) is 0 Å². The second-order valence-electron chi connectivity index (χ2n) is 14.0. The molecular weight excluding hydrogens is 678 g/mol. The molecule has 0 spiro atoms. The lowest BCUT2D eigenvalue weighted by molar-refractivity contribution is -0.309. The molecule has 1 aliphatic rings. The number of amides is 1. The summed E-state index contributed by atoms with van der Waals surface area (Å²) in [6, 6.07) is 16.8. The van der Waals surface area contributed by atoms with Crippen molar-refractivity contribution in [2.75, 3.05) is 13.7 Å². The van der Waals surface area contributed by atoms with Gasteiger partial charge in [0.15, 0.2) is 26.6 Å².